The molecule has 0 aromatic rings. The number of carbonyl (C=O) groups excluding carboxylic acids is 1. The second-order valence-electron chi connectivity index (χ2n) is 7.28. The van der Waals surface area contributed by atoms with Gasteiger partial charge in [0.25, 0.3) is 0 Å². The summed E-state index contributed by atoms with van der Waals surface area (Å²) in [6.07, 6.45) is 12.1. The Balaban J connectivity index is 1.68. The van der Waals surface area contributed by atoms with E-state index in [0.717, 1.165) is 64.5 Å². The van der Waals surface area contributed by atoms with Crippen LogP contribution in [0.2, 0.25) is 0 Å². The van der Waals surface area contributed by atoms with E-state index in [1.807, 2.05) is 0 Å². The van der Waals surface area contributed by atoms with Crippen LogP contribution in [0, 0.1) is 5.92 Å². The van der Waals surface area contributed by atoms with Gasteiger partial charge >= 0.3 is 0 Å². The summed E-state index contributed by atoms with van der Waals surface area (Å²) in [5, 5.41) is 10.7. The fourth-order valence-corrected chi connectivity index (χ4v) is 4.65. The topological polar surface area (TPSA) is 40.5 Å². The lowest BCUT2D eigenvalue weighted by Gasteiger charge is -2.44. The second-order valence-corrected chi connectivity index (χ2v) is 7.28. The van der Waals surface area contributed by atoms with Crippen LogP contribution in [0.4, 0.5) is 0 Å². The average molecular weight is 279 g/mol. The third-order valence-electron chi connectivity index (χ3n) is 5.76. The lowest BCUT2D eigenvalue weighted by Crippen LogP contribution is -2.52. The molecule has 114 valence electrons. The van der Waals surface area contributed by atoms with E-state index >= 15 is 0 Å². The molecule has 3 fully saturated rings. The van der Waals surface area contributed by atoms with Gasteiger partial charge in [-0.15, -0.1) is 0 Å². The molecule has 2 unspecified atom stereocenters. The first-order chi connectivity index (χ1) is 9.68. The smallest absolute Gasteiger partial charge is 0.137 e. The van der Waals surface area contributed by atoms with Crippen molar-refractivity contribution in [3.05, 3.63) is 0 Å². The highest BCUT2D eigenvalue weighted by molar-refractivity contribution is 5.82. The number of ketones is 1. The Labute approximate surface area is 122 Å². The van der Waals surface area contributed by atoms with Crippen LogP contribution in [0.15, 0.2) is 0 Å². The van der Waals surface area contributed by atoms with Crippen LogP contribution in [0.5, 0.6) is 0 Å². The van der Waals surface area contributed by atoms with Crippen molar-refractivity contribution in [2.75, 3.05) is 13.1 Å². The van der Waals surface area contributed by atoms with Crippen LogP contribution in [0.1, 0.15) is 70.6 Å². The predicted octanol–water partition coefficient (Wildman–Crippen LogP) is 2.91. The van der Waals surface area contributed by atoms with Crippen LogP contribution in [-0.4, -0.2) is 40.5 Å². The molecule has 1 N–H and O–H groups in total. The van der Waals surface area contributed by atoms with Gasteiger partial charge in [0.05, 0.1) is 5.60 Å². The van der Waals surface area contributed by atoms with Gasteiger partial charge in [-0.2, -0.15) is 0 Å². The Morgan fingerprint density at radius 3 is 2.55 bits per heavy atom. The van der Waals surface area contributed by atoms with E-state index in [1.165, 1.54) is 19.3 Å². The Morgan fingerprint density at radius 1 is 1.05 bits per heavy atom. The van der Waals surface area contributed by atoms with Gasteiger partial charge in [0.1, 0.15) is 5.78 Å². The van der Waals surface area contributed by atoms with Crippen molar-refractivity contribution in [3.63, 3.8) is 0 Å². The van der Waals surface area contributed by atoms with Crippen molar-refractivity contribution < 1.29 is 9.90 Å². The highest BCUT2D eigenvalue weighted by atomic mass is 16.3. The maximum absolute atomic E-state index is 12.3. The quantitative estimate of drug-likeness (QED) is 0.863. The van der Waals surface area contributed by atoms with Crippen LogP contribution in [-0.2, 0) is 4.79 Å². The third kappa shape index (κ3) is 3.09. The summed E-state index contributed by atoms with van der Waals surface area (Å²) < 4.78 is 0. The number of carbonyl (C=O) groups is 1. The van der Waals surface area contributed by atoms with Gasteiger partial charge in [0.2, 0.25) is 0 Å². The summed E-state index contributed by atoms with van der Waals surface area (Å²) in [5.74, 6) is 0.751. The molecule has 1 saturated heterocycles. The highest BCUT2D eigenvalue weighted by Crippen LogP contribution is 2.36. The minimum absolute atomic E-state index is 0.258. The largest absolute Gasteiger partial charge is 0.389 e. The maximum atomic E-state index is 12.3. The molecule has 3 aliphatic rings. The zero-order valence-electron chi connectivity index (χ0n) is 12.6. The van der Waals surface area contributed by atoms with Crippen LogP contribution in [0.3, 0.4) is 0 Å². The van der Waals surface area contributed by atoms with E-state index in [-0.39, 0.29) is 5.92 Å². The first-order valence-corrected chi connectivity index (χ1v) is 8.67. The minimum Gasteiger partial charge on any atom is -0.389 e. The van der Waals surface area contributed by atoms with Gasteiger partial charge in [-0.3, -0.25) is 9.69 Å². The van der Waals surface area contributed by atoms with Gasteiger partial charge in [0, 0.05) is 24.9 Å². The van der Waals surface area contributed by atoms with Crippen molar-refractivity contribution in [2.24, 2.45) is 5.92 Å². The van der Waals surface area contributed by atoms with Crippen LogP contribution >= 0.6 is 0 Å². The van der Waals surface area contributed by atoms with Gasteiger partial charge in [0.15, 0.2) is 0 Å². The van der Waals surface area contributed by atoms with E-state index in [1.54, 1.807) is 0 Å². The van der Waals surface area contributed by atoms with Crippen molar-refractivity contribution in [3.8, 4) is 0 Å². The van der Waals surface area contributed by atoms with Crippen molar-refractivity contribution in [1.82, 2.24) is 4.90 Å². The van der Waals surface area contributed by atoms with Crippen molar-refractivity contribution in [1.29, 1.82) is 0 Å². The van der Waals surface area contributed by atoms with Gasteiger partial charge < -0.3 is 5.11 Å². The Bertz CT molecular complexity index is 349. The number of β-amino-alcohol motifs (C(OH)–C–C–N with tert-alkyl or cyclic N) is 1. The molecule has 3 rings (SSSR count). The van der Waals surface area contributed by atoms with Crippen LogP contribution < -0.4 is 0 Å². The fourth-order valence-electron chi connectivity index (χ4n) is 4.65. The number of aliphatic hydroxyl groups is 1. The lowest BCUT2D eigenvalue weighted by atomic mass is 9.78. The molecule has 0 radical (unpaired) electrons. The Kier molecular flexibility index (Phi) is 4.46. The van der Waals surface area contributed by atoms with Crippen LogP contribution in [0.25, 0.3) is 0 Å². The molecule has 2 saturated carbocycles. The minimum atomic E-state index is -0.465. The molecule has 0 aromatic carbocycles. The third-order valence-corrected chi connectivity index (χ3v) is 5.76. The molecular formula is C17H29NO2. The molecule has 2 atom stereocenters. The molecule has 0 bridgehead atoms. The highest BCUT2D eigenvalue weighted by Gasteiger charge is 2.40. The van der Waals surface area contributed by atoms with E-state index in [0.29, 0.717) is 11.8 Å². The number of Topliss-reactive ketones (excluding diaryl/α,β-unsaturated/α-hetero) is 1. The molecule has 2 aliphatic carbocycles. The first-order valence-electron chi connectivity index (χ1n) is 8.67. The Hall–Kier alpha value is -0.410. The van der Waals surface area contributed by atoms with E-state index in [2.05, 4.69) is 4.90 Å². The number of likely N-dealkylation sites (tertiary alicyclic amines) is 1. The molecule has 20 heavy (non-hydrogen) atoms. The molecule has 3 nitrogen and oxygen atoms in total. The maximum Gasteiger partial charge on any atom is 0.137 e. The van der Waals surface area contributed by atoms with E-state index in [4.69, 9.17) is 0 Å². The standard InChI is InChI=1S/C17H29NO2/c19-16-9-2-1-7-14(16)15-8-3-6-12-18(15)13-17(20)10-4-5-11-17/h14-15,20H,1-13H2. The zero-order valence-corrected chi connectivity index (χ0v) is 12.6. The molecule has 0 amide bonds. The normalized spacial score (nSPS) is 35.4. The van der Waals surface area contributed by atoms with Gasteiger partial charge in [-0.05, 0) is 45.1 Å². The summed E-state index contributed by atoms with van der Waals surface area (Å²) >= 11 is 0. The number of hydrogen-bond donors (Lipinski definition) is 1. The number of piperidine rings is 1. The molecule has 0 aromatic heterocycles. The Morgan fingerprint density at radius 2 is 1.80 bits per heavy atom. The molecule has 0 spiro atoms. The number of rotatable bonds is 3. The number of hydrogen-bond acceptors (Lipinski definition) is 3. The second kappa shape index (κ2) is 6.15. The van der Waals surface area contributed by atoms with E-state index < -0.39 is 5.60 Å². The predicted molar refractivity (Wildman–Crippen MR) is 79.6 cm³/mol. The molecule has 1 heterocycles. The summed E-state index contributed by atoms with van der Waals surface area (Å²) in [6.45, 7) is 1.89. The molecular weight excluding hydrogens is 250 g/mol. The monoisotopic (exact) mass is 279 g/mol. The zero-order chi connectivity index (χ0) is 14.0. The van der Waals surface area contributed by atoms with Crippen molar-refractivity contribution >= 4 is 5.78 Å². The lowest BCUT2D eigenvalue weighted by molar-refractivity contribution is -0.128. The summed E-state index contributed by atoms with van der Waals surface area (Å²) in [6, 6.07) is 0.418. The summed E-state index contributed by atoms with van der Waals surface area (Å²) in [5.41, 5.74) is -0.465. The van der Waals surface area contributed by atoms with Gasteiger partial charge in [-0.1, -0.05) is 25.7 Å². The van der Waals surface area contributed by atoms with Gasteiger partial charge in [-0.25, -0.2) is 0 Å². The molecule has 3 heteroatoms. The summed E-state index contributed by atoms with van der Waals surface area (Å²) in [7, 11) is 0. The van der Waals surface area contributed by atoms with Crippen molar-refractivity contribution in [2.45, 2.75) is 82.3 Å². The van der Waals surface area contributed by atoms with E-state index in [9.17, 15) is 9.90 Å². The summed E-state index contributed by atoms with van der Waals surface area (Å²) in [4.78, 5) is 14.7. The fraction of sp³-hybridized carbons (Fsp3) is 0.941. The molecule has 1 aliphatic heterocycles. The SMILES string of the molecule is O=C1CCCCC1C1CCCCN1CC1(O)CCCC1. The first kappa shape index (κ1) is 14.5. The number of nitrogens with zero attached hydrogens (tertiary/aromatic N) is 1. The average Bonchev–Trinajstić information content (AvgIpc) is 2.87.